The Morgan fingerprint density at radius 1 is 1.00 bits per heavy atom. The van der Waals surface area contributed by atoms with Crippen molar-refractivity contribution in [1.29, 1.82) is 0 Å². The summed E-state index contributed by atoms with van der Waals surface area (Å²) in [7, 11) is 4.58. The molecule has 2 aromatic carbocycles. The van der Waals surface area contributed by atoms with Crippen molar-refractivity contribution in [2.75, 3.05) is 33.2 Å². The first-order chi connectivity index (χ1) is 14.0. The first kappa shape index (κ1) is 20.9. The molecule has 1 aliphatic rings. The van der Waals surface area contributed by atoms with Crippen molar-refractivity contribution in [3.63, 3.8) is 0 Å². The standard InChI is InChI=1S/C22H27FN2O4/c1-27-18-12-17(13-19(28-2)21(18)29-3)25-20(26)14-24-22(10-4-5-11-22)15-6-8-16(23)9-7-15/h6-9,12-13,24H,4-5,10-11,14H2,1-3H3,(H,25,26). The van der Waals surface area contributed by atoms with E-state index in [1.54, 1.807) is 24.3 Å². The number of rotatable bonds is 8. The van der Waals surface area contributed by atoms with E-state index in [0.717, 1.165) is 31.2 Å². The Kier molecular flexibility index (Phi) is 6.59. The highest BCUT2D eigenvalue weighted by Gasteiger charge is 2.35. The van der Waals surface area contributed by atoms with Gasteiger partial charge in [0.1, 0.15) is 5.82 Å². The molecule has 0 aromatic heterocycles. The van der Waals surface area contributed by atoms with Crippen molar-refractivity contribution in [3.05, 3.63) is 47.8 Å². The second-order valence-corrected chi connectivity index (χ2v) is 7.11. The Balaban J connectivity index is 1.71. The molecule has 0 radical (unpaired) electrons. The van der Waals surface area contributed by atoms with E-state index in [1.807, 2.05) is 0 Å². The van der Waals surface area contributed by atoms with E-state index in [0.29, 0.717) is 22.9 Å². The molecule has 1 fully saturated rings. The number of carbonyl (C=O) groups excluding carboxylic acids is 1. The summed E-state index contributed by atoms with van der Waals surface area (Å²) in [6, 6.07) is 9.89. The van der Waals surface area contributed by atoms with Gasteiger partial charge in [-0.05, 0) is 30.5 Å². The van der Waals surface area contributed by atoms with Gasteiger partial charge in [0.05, 0.1) is 27.9 Å². The minimum Gasteiger partial charge on any atom is -0.493 e. The van der Waals surface area contributed by atoms with Crippen molar-refractivity contribution >= 4 is 11.6 Å². The molecule has 2 aromatic rings. The lowest BCUT2D eigenvalue weighted by atomic mass is 9.88. The molecular weight excluding hydrogens is 375 g/mol. The molecule has 0 unspecified atom stereocenters. The second kappa shape index (κ2) is 9.13. The van der Waals surface area contributed by atoms with Gasteiger partial charge in [-0.15, -0.1) is 0 Å². The van der Waals surface area contributed by atoms with Gasteiger partial charge < -0.3 is 19.5 Å². The Morgan fingerprint density at radius 2 is 1.59 bits per heavy atom. The zero-order valence-electron chi connectivity index (χ0n) is 17.0. The van der Waals surface area contributed by atoms with Gasteiger partial charge in [0.2, 0.25) is 11.7 Å². The van der Waals surface area contributed by atoms with Gasteiger partial charge >= 0.3 is 0 Å². The number of benzene rings is 2. The summed E-state index contributed by atoms with van der Waals surface area (Å²) >= 11 is 0. The molecule has 1 amide bonds. The zero-order valence-corrected chi connectivity index (χ0v) is 17.0. The van der Waals surface area contributed by atoms with Gasteiger partial charge in [-0.3, -0.25) is 10.1 Å². The number of nitrogens with one attached hydrogen (secondary N) is 2. The molecule has 2 N–H and O–H groups in total. The van der Waals surface area contributed by atoms with Crippen LogP contribution in [0.25, 0.3) is 0 Å². The topological polar surface area (TPSA) is 68.8 Å². The lowest BCUT2D eigenvalue weighted by molar-refractivity contribution is -0.115. The number of ether oxygens (including phenoxy) is 3. The van der Waals surface area contributed by atoms with Crippen LogP contribution in [0.2, 0.25) is 0 Å². The molecule has 0 aliphatic heterocycles. The molecule has 1 saturated carbocycles. The summed E-state index contributed by atoms with van der Waals surface area (Å²) in [5.74, 6) is 0.949. The molecule has 3 rings (SSSR count). The van der Waals surface area contributed by atoms with Gasteiger partial charge in [-0.25, -0.2) is 4.39 Å². The Hall–Kier alpha value is -2.80. The summed E-state index contributed by atoms with van der Waals surface area (Å²) in [5, 5.41) is 6.28. The summed E-state index contributed by atoms with van der Waals surface area (Å²) in [5.41, 5.74) is 1.26. The first-order valence-electron chi connectivity index (χ1n) is 9.62. The third-order valence-electron chi connectivity index (χ3n) is 5.39. The van der Waals surface area contributed by atoms with Crippen LogP contribution in [0.5, 0.6) is 17.2 Å². The molecule has 0 bridgehead atoms. The smallest absolute Gasteiger partial charge is 0.238 e. The fourth-order valence-corrected chi connectivity index (χ4v) is 3.92. The van der Waals surface area contributed by atoms with Crippen molar-refractivity contribution in [2.45, 2.75) is 31.2 Å². The van der Waals surface area contributed by atoms with Crippen LogP contribution in [0.3, 0.4) is 0 Å². The SMILES string of the molecule is COc1cc(NC(=O)CNC2(c3ccc(F)cc3)CCCC2)cc(OC)c1OC. The van der Waals surface area contributed by atoms with Gasteiger partial charge in [0.15, 0.2) is 11.5 Å². The van der Waals surface area contributed by atoms with E-state index in [9.17, 15) is 9.18 Å². The van der Waals surface area contributed by atoms with Crippen LogP contribution >= 0.6 is 0 Å². The van der Waals surface area contributed by atoms with Crippen molar-refractivity contribution < 1.29 is 23.4 Å². The maximum atomic E-state index is 13.3. The monoisotopic (exact) mass is 402 g/mol. The fourth-order valence-electron chi connectivity index (χ4n) is 3.92. The average Bonchev–Trinajstić information content (AvgIpc) is 3.22. The third-order valence-corrected chi connectivity index (χ3v) is 5.39. The minimum atomic E-state index is -0.305. The number of carbonyl (C=O) groups is 1. The normalized spacial score (nSPS) is 15.0. The average molecular weight is 402 g/mol. The van der Waals surface area contributed by atoms with E-state index >= 15 is 0 Å². The Morgan fingerprint density at radius 3 is 2.10 bits per heavy atom. The third kappa shape index (κ3) is 4.62. The first-order valence-corrected chi connectivity index (χ1v) is 9.62. The van der Waals surface area contributed by atoms with Gasteiger partial charge in [-0.2, -0.15) is 0 Å². The number of hydrogen-bond acceptors (Lipinski definition) is 5. The lowest BCUT2D eigenvalue weighted by Gasteiger charge is -2.31. The summed E-state index contributed by atoms with van der Waals surface area (Å²) < 4.78 is 29.3. The van der Waals surface area contributed by atoms with Crippen LogP contribution in [0.4, 0.5) is 10.1 Å². The van der Waals surface area contributed by atoms with Crippen molar-refractivity contribution in [2.24, 2.45) is 0 Å². The number of methoxy groups -OCH3 is 3. The molecule has 0 atom stereocenters. The van der Waals surface area contributed by atoms with Gasteiger partial charge in [0.25, 0.3) is 0 Å². The molecule has 6 nitrogen and oxygen atoms in total. The summed E-state index contributed by atoms with van der Waals surface area (Å²) in [6.07, 6.45) is 3.96. The fraction of sp³-hybridized carbons (Fsp3) is 0.409. The van der Waals surface area contributed by atoms with E-state index in [2.05, 4.69) is 10.6 Å². The van der Waals surface area contributed by atoms with Gasteiger partial charge in [0, 0.05) is 23.4 Å². The van der Waals surface area contributed by atoms with E-state index in [4.69, 9.17) is 14.2 Å². The van der Waals surface area contributed by atoms with Crippen LogP contribution in [0.1, 0.15) is 31.2 Å². The number of amides is 1. The highest BCUT2D eigenvalue weighted by molar-refractivity contribution is 5.93. The van der Waals surface area contributed by atoms with Crippen LogP contribution in [0, 0.1) is 5.82 Å². The van der Waals surface area contributed by atoms with E-state index in [1.165, 1.54) is 33.5 Å². The molecule has 29 heavy (non-hydrogen) atoms. The number of hydrogen-bond donors (Lipinski definition) is 2. The second-order valence-electron chi connectivity index (χ2n) is 7.11. The Bertz CT molecular complexity index is 823. The van der Waals surface area contributed by atoms with Gasteiger partial charge in [-0.1, -0.05) is 25.0 Å². The lowest BCUT2D eigenvalue weighted by Crippen LogP contribution is -2.44. The molecule has 1 aliphatic carbocycles. The quantitative estimate of drug-likeness (QED) is 0.702. The molecular formula is C22H27FN2O4. The highest BCUT2D eigenvalue weighted by atomic mass is 19.1. The van der Waals surface area contributed by atoms with Crippen molar-refractivity contribution in [3.8, 4) is 17.2 Å². The molecule has 156 valence electrons. The van der Waals surface area contributed by atoms with E-state index in [-0.39, 0.29) is 23.8 Å². The minimum absolute atomic E-state index is 0.133. The Labute approximate surface area is 170 Å². The van der Waals surface area contributed by atoms with E-state index < -0.39 is 0 Å². The number of anilines is 1. The molecule has 0 saturated heterocycles. The number of halogens is 1. The predicted octanol–water partition coefficient (Wildman–Crippen LogP) is 3.85. The van der Waals surface area contributed by atoms with Crippen LogP contribution < -0.4 is 24.8 Å². The maximum Gasteiger partial charge on any atom is 0.238 e. The van der Waals surface area contributed by atoms with Crippen LogP contribution in [0.15, 0.2) is 36.4 Å². The highest BCUT2D eigenvalue weighted by Crippen LogP contribution is 2.40. The summed E-state index contributed by atoms with van der Waals surface area (Å²) in [4.78, 5) is 12.6. The largest absolute Gasteiger partial charge is 0.493 e. The maximum absolute atomic E-state index is 13.3. The molecule has 0 spiro atoms. The van der Waals surface area contributed by atoms with Crippen molar-refractivity contribution in [1.82, 2.24) is 5.32 Å². The molecule has 7 heteroatoms. The summed E-state index contributed by atoms with van der Waals surface area (Å²) in [6.45, 7) is 0.133. The zero-order chi connectivity index (χ0) is 20.9. The molecule has 0 heterocycles. The van der Waals surface area contributed by atoms with Crippen LogP contribution in [-0.4, -0.2) is 33.8 Å². The predicted molar refractivity (Wildman–Crippen MR) is 109 cm³/mol. The van der Waals surface area contributed by atoms with Crippen LogP contribution in [-0.2, 0) is 10.3 Å².